The first-order valence-corrected chi connectivity index (χ1v) is 2.94. The van der Waals surface area contributed by atoms with Crippen molar-refractivity contribution in [1.29, 1.82) is 0 Å². The summed E-state index contributed by atoms with van der Waals surface area (Å²) in [6.07, 6.45) is 0. The summed E-state index contributed by atoms with van der Waals surface area (Å²) in [7, 11) is 0. The Bertz CT molecular complexity index is 123. The van der Waals surface area contributed by atoms with Crippen molar-refractivity contribution in [1.82, 2.24) is 0 Å². The Morgan fingerprint density at radius 3 is 2.62 bits per heavy atom. The third-order valence-electron chi connectivity index (χ3n) is 0.736. The molecular weight excluding hydrogens is 120 g/mol. The van der Waals surface area contributed by atoms with Gasteiger partial charge in [-0.3, -0.25) is 0 Å². The minimum Gasteiger partial charge on any atom is -0.391 e. The minimum atomic E-state index is 0. The number of aliphatic hydroxyl groups excluding tert-OH is 1. The van der Waals surface area contributed by atoms with E-state index in [4.69, 9.17) is 5.11 Å². The molecule has 0 atom stereocenters. The van der Waals surface area contributed by atoms with E-state index in [-0.39, 0.29) is 14.0 Å². The number of hydrogen-bond acceptors (Lipinski definition) is 2. The maximum absolute atomic E-state index is 8.44. The van der Waals surface area contributed by atoms with Gasteiger partial charge < -0.3 is 5.11 Å². The highest BCUT2D eigenvalue weighted by Gasteiger charge is 1.83. The van der Waals surface area contributed by atoms with Crippen molar-refractivity contribution < 1.29 is 5.11 Å². The Kier molecular flexibility index (Phi) is 3.48. The summed E-state index contributed by atoms with van der Waals surface area (Å²) in [5, 5.41) is 10.4. The second kappa shape index (κ2) is 3.64. The zero-order chi connectivity index (χ0) is 5.11. The van der Waals surface area contributed by atoms with Gasteiger partial charge in [-0.15, -0.1) is 11.3 Å². The molecule has 46 valence electrons. The molecule has 1 N–H and O–H groups in total. The normalized spacial score (nSPS) is 8.12. The Morgan fingerprint density at radius 1 is 1.62 bits per heavy atom. The average Bonchev–Trinajstić information content (AvgIpc) is 2.14. The molecule has 1 rings (SSSR count). The highest BCUT2D eigenvalue weighted by molar-refractivity contribution is 7.09. The molecule has 0 radical (unpaired) electrons. The van der Waals surface area contributed by atoms with Crippen LogP contribution in [0.25, 0.3) is 0 Å². The summed E-state index contributed by atoms with van der Waals surface area (Å²) in [5.74, 6) is 0. The Morgan fingerprint density at radius 2 is 2.38 bits per heavy atom. The minimum absolute atomic E-state index is 0. The molecule has 0 aromatic carbocycles. The zero-order valence-corrected chi connectivity index (χ0v) is 4.61. The molecular formula is C6H10OS. The van der Waals surface area contributed by atoms with Crippen LogP contribution in [-0.4, -0.2) is 5.11 Å². The maximum Gasteiger partial charge on any atom is 0.0774 e. The van der Waals surface area contributed by atoms with Crippen molar-refractivity contribution >= 4 is 11.3 Å². The molecule has 0 spiro atoms. The van der Waals surface area contributed by atoms with E-state index in [1.165, 1.54) is 0 Å². The van der Waals surface area contributed by atoms with Crippen LogP contribution in [0, 0.1) is 0 Å². The smallest absolute Gasteiger partial charge is 0.0774 e. The van der Waals surface area contributed by atoms with Crippen molar-refractivity contribution in [3.63, 3.8) is 0 Å². The van der Waals surface area contributed by atoms with Crippen LogP contribution in [0.3, 0.4) is 0 Å². The maximum atomic E-state index is 8.44. The standard InChI is InChI=1S/C5H6OS.CH4/c6-4-5-2-1-3-7-5;/h1-3,6H,4H2;1H4. The van der Waals surface area contributed by atoms with Gasteiger partial charge in [0.05, 0.1) is 6.61 Å². The lowest BCUT2D eigenvalue weighted by Gasteiger charge is -1.78. The number of hydrogen-bond donors (Lipinski definition) is 1. The van der Waals surface area contributed by atoms with E-state index in [1.54, 1.807) is 11.3 Å². The van der Waals surface area contributed by atoms with Crippen molar-refractivity contribution in [2.24, 2.45) is 0 Å². The molecule has 0 saturated heterocycles. The fraction of sp³-hybridized carbons (Fsp3) is 0.333. The van der Waals surface area contributed by atoms with Gasteiger partial charge in [-0.25, -0.2) is 0 Å². The van der Waals surface area contributed by atoms with Gasteiger partial charge in [-0.05, 0) is 11.4 Å². The molecule has 0 aliphatic rings. The van der Waals surface area contributed by atoms with Crippen LogP contribution in [0.2, 0.25) is 0 Å². The van der Waals surface area contributed by atoms with Gasteiger partial charge >= 0.3 is 0 Å². The molecule has 0 fully saturated rings. The fourth-order valence-corrected chi connectivity index (χ4v) is 0.966. The molecule has 0 unspecified atom stereocenters. The van der Waals surface area contributed by atoms with E-state index in [1.807, 2.05) is 17.5 Å². The number of aliphatic hydroxyl groups is 1. The molecule has 1 heterocycles. The van der Waals surface area contributed by atoms with Crippen LogP contribution in [0.5, 0.6) is 0 Å². The van der Waals surface area contributed by atoms with Gasteiger partial charge in [0.25, 0.3) is 0 Å². The molecule has 2 heteroatoms. The second-order valence-corrected chi connectivity index (χ2v) is 2.27. The fourth-order valence-electron chi connectivity index (χ4n) is 0.403. The van der Waals surface area contributed by atoms with Gasteiger partial charge in [0.2, 0.25) is 0 Å². The summed E-state index contributed by atoms with van der Waals surface area (Å²) < 4.78 is 0. The topological polar surface area (TPSA) is 20.2 Å². The van der Waals surface area contributed by atoms with E-state index < -0.39 is 0 Å². The van der Waals surface area contributed by atoms with E-state index in [0.29, 0.717) is 0 Å². The third kappa shape index (κ3) is 1.64. The van der Waals surface area contributed by atoms with Crippen LogP contribution in [0.4, 0.5) is 0 Å². The van der Waals surface area contributed by atoms with Gasteiger partial charge in [-0.2, -0.15) is 0 Å². The lowest BCUT2D eigenvalue weighted by atomic mass is 10.5. The van der Waals surface area contributed by atoms with Crippen LogP contribution < -0.4 is 0 Å². The summed E-state index contributed by atoms with van der Waals surface area (Å²) in [6, 6.07) is 3.83. The van der Waals surface area contributed by atoms with Crippen LogP contribution in [0.15, 0.2) is 17.5 Å². The SMILES string of the molecule is C.OCc1cccs1. The third-order valence-corrected chi connectivity index (χ3v) is 1.60. The number of thiophene rings is 1. The van der Waals surface area contributed by atoms with Crippen molar-refractivity contribution in [3.05, 3.63) is 22.4 Å². The molecule has 8 heavy (non-hydrogen) atoms. The predicted molar refractivity (Wildman–Crippen MR) is 37.0 cm³/mol. The van der Waals surface area contributed by atoms with Gasteiger partial charge in [-0.1, -0.05) is 13.5 Å². The van der Waals surface area contributed by atoms with Crippen molar-refractivity contribution in [2.75, 3.05) is 0 Å². The van der Waals surface area contributed by atoms with Crippen LogP contribution in [0.1, 0.15) is 12.3 Å². The molecule has 1 nitrogen and oxygen atoms in total. The molecule has 0 amide bonds. The van der Waals surface area contributed by atoms with Gasteiger partial charge in [0.15, 0.2) is 0 Å². The van der Waals surface area contributed by atoms with Crippen molar-refractivity contribution in [3.8, 4) is 0 Å². The Hall–Kier alpha value is -0.340. The monoisotopic (exact) mass is 130 g/mol. The zero-order valence-electron chi connectivity index (χ0n) is 3.79. The first kappa shape index (κ1) is 7.66. The van der Waals surface area contributed by atoms with E-state index in [0.717, 1.165) is 4.88 Å². The van der Waals surface area contributed by atoms with Gasteiger partial charge in [0.1, 0.15) is 0 Å². The van der Waals surface area contributed by atoms with Crippen LogP contribution in [-0.2, 0) is 6.61 Å². The van der Waals surface area contributed by atoms with Crippen molar-refractivity contribution in [2.45, 2.75) is 14.0 Å². The second-order valence-electron chi connectivity index (χ2n) is 1.24. The highest BCUT2D eigenvalue weighted by Crippen LogP contribution is 2.06. The highest BCUT2D eigenvalue weighted by atomic mass is 32.1. The lowest BCUT2D eigenvalue weighted by molar-refractivity contribution is 0.285. The Balaban J connectivity index is 0.000000490. The Labute approximate surface area is 53.6 Å². The summed E-state index contributed by atoms with van der Waals surface area (Å²) in [6.45, 7) is 0.178. The summed E-state index contributed by atoms with van der Waals surface area (Å²) in [5.41, 5.74) is 0. The molecule has 0 saturated carbocycles. The van der Waals surface area contributed by atoms with E-state index >= 15 is 0 Å². The molecule has 1 aromatic rings. The molecule has 0 bridgehead atoms. The molecule has 0 aliphatic heterocycles. The largest absolute Gasteiger partial charge is 0.391 e. The first-order valence-electron chi connectivity index (χ1n) is 2.06. The quantitative estimate of drug-likeness (QED) is 0.615. The summed E-state index contributed by atoms with van der Waals surface area (Å²) in [4.78, 5) is 1.03. The molecule has 1 aromatic heterocycles. The van der Waals surface area contributed by atoms with Crippen LogP contribution >= 0.6 is 11.3 Å². The summed E-state index contributed by atoms with van der Waals surface area (Å²) >= 11 is 1.57. The first-order chi connectivity index (χ1) is 3.43. The predicted octanol–water partition coefficient (Wildman–Crippen LogP) is 1.88. The average molecular weight is 130 g/mol. The van der Waals surface area contributed by atoms with Gasteiger partial charge in [0, 0.05) is 4.88 Å². The van der Waals surface area contributed by atoms with E-state index in [9.17, 15) is 0 Å². The lowest BCUT2D eigenvalue weighted by Crippen LogP contribution is -1.69. The number of rotatable bonds is 1. The van der Waals surface area contributed by atoms with E-state index in [2.05, 4.69) is 0 Å². The molecule has 0 aliphatic carbocycles.